The van der Waals surface area contributed by atoms with Gasteiger partial charge in [-0.25, -0.2) is 14.6 Å². The van der Waals surface area contributed by atoms with Crippen molar-refractivity contribution >= 4 is 11.6 Å². The third-order valence-corrected chi connectivity index (χ3v) is 9.08. The van der Waals surface area contributed by atoms with Gasteiger partial charge in [0.15, 0.2) is 0 Å². The van der Waals surface area contributed by atoms with E-state index in [0.717, 1.165) is 62.0 Å². The summed E-state index contributed by atoms with van der Waals surface area (Å²) in [6.45, 7) is 12.5. The Bertz CT molecular complexity index is 1670. The van der Waals surface area contributed by atoms with Crippen molar-refractivity contribution in [2.45, 2.75) is 96.7 Å². The van der Waals surface area contributed by atoms with E-state index in [-0.39, 0.29) is 24.4 Å². The molecule has 0 unspecified atom stereocenters. The van der Waals surface area contributed by atoms with Gasteiger partial charge in [0.25, 0.3) is 5.88 Å². The molecule has 3 atom stereocenters. The second-order valence-electron chi connectivity index (χ2n) is 13.1. The van der Waals surface area contributed by atoms with Crippen molar-refractivity contribution < 1.29 is 18.9 Å². The van der Waals surface area contributed by atoms with Crippen LogP contribution in [0.3, 0.4) is 0 Å². The highest BCUT2D eigenvalue weighted by Gasteiger charge is 2.32. The molecule has 4 heterocycles. The van der Waals surface area contributed by atoms with Crippen molar-refractivity contribution in [3.63, 3.8) is 0 Å². The number of morpholine rings is 1. The highest BCUT2D eigenvalue weighted by molar-refractivity contribution is 5.67. The lowest BCUT2D eigenvalue weighted by Crippen LogP contribution is -2.51. The van der Waals surface area contributed by atoms with Gasteiger partial charge in [-0.05, 0) is 81.5 Å². The molecule has 266 valence electrons. The van der Waals surface area contributed by atoms with Crippen LogP contribution >= 0.6 is 0 Å². The van der Waals surface area contributed by atoms with Crippen molar-refractivity contribution in [3.8, 4) is 28.8 Å². The Morgan fingerprint density at radius 2 is 1.80 bits per heavy atom. The number of benzene rings is 1. The maximum atomic E-state index is 9.68. The van der Waals surface area contributed by atoms with Gasteiger partial charge in [-0.15, -0.1) is 10.2 Å². The third kappa shape index (κ3) is 9.12. The molecule has 1 saturated carbocycles. The van der Waals surface area contributed by atoms with E-state index in [1.807, 2.05) is 36.9 Å². The molecule has 0 bridgehead atoms. The highest BCUT2D eigenvalue weighted by Crippen LogP contribution is 2.35. The number of nitrogens with one attached hydrogen (secondary N) is 1. The molecule has 1 aliphatic carbocycles. The Hall–Kier alpha value is -4.65. The van der Waals surface area contributed by atoms with Crippen LogP contribution in [0.4, 0.5) is 11.6 Å². The second kappa shape index (κ2) is 16.8. The molecule has 2 fully saturated rings. The Morgan fingerprint density at radius 1 is 1.04 bits per heavy atom. The van der Waals surface area contributed by atoms with Crippen LogP contribution in [0.1, 0.15) is 71.4 Å². The molecule has 0 amide bonds. The van der Waals surface area contributed by atoms with Crippen molar-refractivity contribution in [1.82, 2.24) is 44.9 Å². The average molecular weight is 686 g/mol. The lowest BCUT2D eigenvalue weighted by Gasteiger charge is -2.42. The van der Waals surface area contributed by atoms with Crippen LogP contribution in [0.15, 0.2) is 43.1 Å². The van der Waals surface area contributed by atoms with E-state index in [2.05, 4.69) is 55.6 Å². The molecule has 6 rings (SSSR count). The van der Waals surface area contributed by atoms with Crippen LogP contribution in [0.25, 0.3) is 11.1 Å². The molecule has 1 aromatic carbocycles. The Kier molecular flexibility index (Phi) is 11.9. The molecule has 1 saturated heterocycles. The molecule has 1 aliphatic heterocycles. The summed E-state index contributed by atoms with van der Waals surface area (Å²) in [6, 6.07) is 8.49. The van der Waals surface area contributed by atoms with Crippen LogP contribution in [0.5, 0.6) is 11.6 Å². The number of ether oxygens (including phenoxy) is 4. The van der Waals surface area contributed by atoms with E-state index < -0.39 is 0 Å². The van der Waals surface area contributed by atoms with Crippen molar-refractivity contribution in [2.75, 3.05) is 38.2 Å². The van der Waals surface area contributed by atoms with E-state index in [1.54, 1.807) is 23.1 Å². The Labute approximate surface area is 292 Å². The van der Waals surface area contributed by atoms with E-state index in [0.29, 0.717) is 55.5 Å². The summed E-state index contributed by atoms with van der Waals surface area (Å²) in [5, 5.41) is 29.1. The molecule has 3 aromatic heterocycles. The van der Waals surface area contributed by atoms with Crippen LogP contribution in [0.2, 0.25) is 0 Å². The smallest absolute Gasteiger partial charge is 0.256 e. The first-order valence-electron chi connectivity index (χ1n) is 17.6. The quantitative estimate of drug-likeness (QED) is 0.170. The minimum atomic E-state index is -0.271. The summed E-state index contributed by atoms with van der Waals surface area (Å²) in [6.07, 6.45) is 12.4. The minimum Gasteiger partial charge on any atom is -0.487 e. The largest absolute Gasteiger partial charge is 0.487 e. The topological polar surface area (TPSA) is 163 Å². The predicted octanol–water partition coefficient (Wildman–Crippen LogP) is 4.81. The average Bonchev–Trinajstić information content (AvgIpc) is 3.78. The molecule has 1 N–H and O–H groups in total. The first kappa shape index (κ1) is 35.2. The zero-order chi connectivity index (χ0) is 34.9. The molecule has 50 heavy (non-hydrogen) atoms. The number of hydrogen-bond acceptors (Lipinski definition) is 13. The fraction of sp³-hybridized carbons (Fsp3) is 0.571. The fourth-order valence-corrected chi connectivity index (χ4v) is 6.77. The van der Waals surface area contributed by atoms with Crippen LogP contribution in [0, 0.1) is 11.3 Å². The third-order valence-electron chi connectivity index (χ3n) is 9.08. The zero-order valence-corrected chi connectivity index (χ0v) is 29.3. The zero-order valence-electron chi connectivity index (χ0n) is 29.3. The molecule has 0 spiro atoms. The van der Waals surface area contributed by atoms with Crippen LogP contribution in [-0.4, -0.2) is 102 Å². The number of nitrogens with zero attached hydrogens (tertiary/aromatic N) is 10. The second-order valence-corrected chi connectivity index (χ2v) is 13.1. The first-order valence-corrected chi connectivity index (χ1v) is 17.6. The number of rotatable bonds is 15. The number of tetrazole rings is 1. The normalized spacial score (nSPS) is 21.7. The van der Waals surface area contributed by atoms with Gasteiger partial charge >= 0.3 is 0 Å². The fourth-order valence-electron chi connectivity index (χ4n) is 6.77. The SMILES string of the molecule is CCOCCCOc1nn([C@H]2CC[C@H](N3C[C@@H](C)O[C@@H](C)C3)CC2)cc1Nc1ncc(-c2ccc(C#N)c(O[C@@H](C)Cn3cnnn3)c2)cn1. The highest BCUT2D eigenvalue weighted by atomic mass is 16.5. The van der Waals surface area contributed by atoms with Gasteiger partial charge in [0, 0.05) is 56.7 Å². The predicted molar refractivity (Wildman–Crippen MR) is 185 cm³/mol. The molecule has 2 aliphatic rings. The molecule has 15 heteroatoms. The lowest BCUT2D eigenvalue weighted by molar-refractivity contribution is -0.0852. The summed E-state index contributed by atoms with van der Waals surface area (Å²) in [4.78, 5) is 11.8. The van der Waals surface area contributed by atoms with E-state index in [1.165, 1.54) is 6.33 Å². The maximum Gasteiger partial charge on any atom is 0.256 e. The number of anilines is 2. The summed E-state index contributed by atoms with van der Waals surface area (Å²) in [5.41, 5.74) is 2.75. The van der Waals surface area contributed by atoms with E-state index in [4.69, 9.17) is 24.0 Å². The van der Waals surface area contributed by atoms with Gasteiger partial charge in [-0.1, -0.05) is 6.07 Å². The molecular weight excluding hydrogens is 638 g/mol. The van der Waals surface area contributed by atoms with Gasteiger partial charge in [0.1, 0.15) is 29.9 Å². The molecule has 15 nitrogen and oxygen atoms in total. The number of hydrogen-bond donors (Lipinski definition) is 1. The van der Waals surface area contributed by atoms with Gasteiger partial charge in [-0.3, -0.25) is 9.58 Å². The lowest BCUT2D eigenvalue weighted by atomic mass is 9.89. The van der Waals surface area contributed by atoms with Gasteiger partial charge in [0.2, 0.25) is 5.95 Å². The molecule has 0 radical (unpaired) electrons. The van der Waals surface area contributed by atoms with Crippen molar-refractivity contribution in [3.05, 3.63) is 48.7 Å². The van der Waals surface area contributed by atoms with E-state index in [9.17, 15) is 5.26 Å². The summed E-state index contributed by atoms with van der Waals surface area (Å²) in [7, 11) is 0. The van der Waals surface area contributed by atoms with Gasteiger partial charge in [0.05, 0.1) is 43.2 Å². The maximum absolute atomic E-state index is 9.68. The van der Waals surface area contributed by atoms with Gasteiger partial charge in [-0.2, -0.15) is 5.26 Å². The van der Waals surface area contributed by atoms with Gasteiger partial charge < -0.3 is 24.3 Å². The standard InChI is InChI=1S/C35H47N11O4/c1-5-47-13-6-14-48-34-32(22-46(41-34)31-11-9-30(10-12-31)44-19-24(2)49-25(3)20-44)40-35-37-17-29(18-38-35)27-7-8-28(16-36)33(15-27)50-26(4)21-45-23-39-42-43-45/h7-8,15,17-18,22-26,30-31H,5-6,9-14,19-21H2,1-4H3,(H,37,38,40)/t24-,25+,26-,30-,31-/m0/s1. The summed E-state index contributed by atoms with van der Waals surface area (Å²) < 4.78 is 27.4. The first-order chi connectivity index (χ1) is 24.4. The van der Waals surface area contributed by atoms with Crippen molar-refractivity contribution in [1.29, 1.82) is 5.26 Å². The monoisotopic (exact) mass is 685 g/mol. The minimum absolute atomic E-state index is 0.271. The summed E-state index contributed by atoms with van der Waals surface area (Å²) in [5.74, 6) is 1.41. The van der Waals surface area contributed by atoms with Crippen LogP contribution in [-0.2, 0) is 16.0 Å². The Balaban J connectivity index is 1.13. The number of aromatic nitrogens is 8. The molecule has 4 aromatic rings. The van der Waals surface area contributed by atoms with Crippen LogP contribution < -0.4 is 14.8 Å². The number of nitriles is 1. The molecular formula is C35H47N11O4. The Morgan fingerprint density at radius 3 is 2.50 bits per heavy atom. The van der Waals surface area contributed by atoms with Crippen molar-refractivity contribution in [2.24, 2.45) is 0 Å². The van der Waals surface area contributed by atoms with E-state index >= 15 is 0 Å². The summed E-state index contributed by atoms with van der Waals surface area (Å²) >= 11 is 0.